The van der Waals surface area contributed by atoms with Crippen molar-refractivity contribution in [1.82, 2.24) is 0 Å². The quantitative estimate of drug-likeness (QED) is 0.343. The average Bonchev–Trinajstić information content (AvgIpc) is 0.918. The fraction of sp³-hybridized carbons (Fsp3) is 0. The van der Waals surface area contributed by atoms with Crippen LogP contribution in [-0.4, -0.2) is 27.3 Å². The summed E-state index contributed by atoms with van der Waals surface area (Å²) in [5, 5.41) is 9.00. The summed E-state index contributed by atoms with van der Waals surface area (Å²) in [4.78, 5) is 8.00. The van der Waals surface area contributed by atoms with Gasteiger partial charge in [0.15, 0.2) is 0 Å². The molecule has 0 amide bonds. The molecule has 0 aliphatic carbocycles. The number of rotatable bonds is 0. The van der Waals surface area contributed by atoms with Crippen LogP contribution < -0.4 is 0 Å². The molecule has 0 atom stereocenters. The SMILES string of the molecule is O=N[O-].[Pb+2]. The van der Waals surface area contributed by atoms with Gasteiger partial charge in [0.1, 0.15) is 0 Å². The van der Waals surface area contributed by atoms with Crippen LogP contribution in [0.3, 0.4) is 0 Å². The average molecular weight is 253 g/mol. The monoisotopic (exact) mass is 254 g/mol. The number of hydrogen-bond donors (Lipinski definition) is 0. The maximum Gasteiger partial charge on any atom is 2.00 e. The van der Waals surface area contributed by atoms with Crippen molar-refractivity contribution in [2.45, 2.75) is 0 Å². The van der Waals surface area contributed by atoms with Crippen LogP contribution >= 0.6 is 0 Å². The van der Waals surface area contributed by atoms with Crippen LogP contribution in [0.15, 0.2) is 5.34 Å². The first kappa shape index (κ1) is 8.85. The van der Waals surface area contributed by atoms with E-state index in [9.17, 15) is 0 Å². The first-order valence-corrected chi connectivity index (χ1v) is 0.365. The molecule has 2 radical (unpaired) electrons. The summed E-state index contributed by atoms with van der Waals surface area (Å²) >= 11 is 0. The van der Waals surface area contributed by atoms with Crippen molar-refractivity contribution in [2.75, 3.05) is 0 Å². The molecule has 3 nitrogen and oxygen atoms in total. The Bertz CT molecular complexity index is 13.5. The predicted molar refractivity (Wildman–Crippen MR) is 14.9 cm³/mol. The van der Waals surface area contributed by atoms with Gasteiger partial charge in [0.2, 0.25) is 0 Å². The second kappa shape index (κ2) is 10.2. The van der Waals surface area contributed by atoms with Crippen LogP contribution in [-0.2, 0) is 0 Å². The van der Waals surface area contributed by atoms with Crippen LogP contribution in [0.5, 0.6) is 0 Å². The molecule has 0 heterocycles. The second-order valence-electron chi connectivity index (χ2n) is 0.0745. The zero-order chi connectivity index (χ0) is 2.71. The summed E-state index contributed by atoms with van der Waals surface area (Å²) in [6, 6.07) is 0. The van der Waals surface area contributed by atoms with Crippen LogP contribution in [0.2, 0.25) is 0 Å². The van der Waals surface area contributed by atoms with E-state index in [0.717, 1.165) is 5.34 Å². The molecular weight excluding hydrogens is 253 g/mol. The van der Waals surface area contributed by atoms with E-state index >= 15 is 0 Å². The zero-order valence-corrected chi connectivity index (χ0v) is 5.65. The van der Waals surface area contributed by atoms with Gasteiger partial charge < -0.3 is 10.1 Å². The Labute approximate surface area is 43.1 Å². The standard InChI is InChI=1S/HNO2.Pb/c2-1-3;/h(H,2,3);/q;+2/p-1. The predicted octanol–water partition coefficient (Wildman–Crippen LogP) is -0.130. The van der Waals surface area contributed by atoms with Crippen LogP contribution in [0.4, 0.5) is 0 Å². The Morgan fingerprint density at radius 3 is 1.75 bits per heavy atom. The van der Waals surface area contributed by atoms with Crippen LogP contribution in [0.1, 0.15) is 0 Å². The molecule has 4 heavy (non-hydrogen) atoms. The van der Waals surface area contributed by atoms with E-state index in [0.29, 0.717) is 0 Å². The van der Waals surface area contributed by atoms with Gasteiger partial charge >= 0.3 is 27.3 Å². The van der Waals surface area contributed by atoms with E-state index in [1.165, 1.54) is 0 Å². The Morgan fingerprint density at radius 1 is 1.75 bits per heavy atom. The zero-order valence-electron chi connectivity index (χ0n) is 1.76. The minimum atomic E-state index is 0. The van der Waals surface area contributed by atoms with E-state index in [-0.39, 0.29) is 27.3 Å². The third-order valence-corrected chi connectivity index (χ3v) is 0. The molecule has 0 unspecified atom stereocenters. The van der Waals surface area contributed by atoms with Crippen molar-refractivity contribution in [3.8, 4) is 0 Å². The Hall–Kier alpha value is 0.322. The maximum atomic E-state index is 8.00. The van der Waals surface area contributed by atoms with Crippen molar-refractivity contribution in [3.05, 3.63) is 10.1 Å². The molecule has 0 bridgehead atoms. The molecule has 0 aromatic rings. The fourth-order valence-electron chi connectivity index (χ4n) is 0. The van der Waals surface area contributed by atoms with E-state index < -0.39 is 0 Å². The van der Waals surface area contributed by atoms with Gasteiger partial charge in [0.25, 0.3) is 0 Å². The molecule has 4 heteroatoms. The summed E-state index contributed by atoms with van der Waals surface area (Å²) < 4.78 is 0. The first-order chi connectivity index (χ1) is 1.41. The number of hydrogen-bond acceptors (Lipinski definition) is 3. The Kier molecular flexibility index (Phi) is 22.7. The molecule has 0 N–H and O–H groups in total. The number of nitrogens with zero attached hydrogens (tertiary/aromatic N) is 1. The van der Waals surface area contributed by atoms with Gasteiger partial charge in [0, 0.05) is 0 Å². The van der Waals surface area contributed by atoms with E-state index in [4.69, 9.17) is 10.1 Å². The summed E-state index contributed by atoms with van der Waals surface area (Å²) in [6.07, 6.45) is 0. The van der Waals surface area contributed by atoms with Gasteiger partial charge in [-0.1, -0.05) is 0 Å². The third kappa shape index (κ3) is 39.1. The van der Waals surface area contributed by atoms with Crippen molar-refractivity contribution in [2.24, 2.45) is 5.34 Å². The molecule has 0 fully saturated rings. The normalized spacial score (nSPS) is 3.00. The van der Waals surface area contributed by atoms with Gasteiger partial charge in [0.05, 0.1) is 0 Å². The van der Waals surface area contributed by atoms with E-state index in [1.807, 2.05) is 0 Å². The van der Waals surface area contributed by atoms with Crippen molar-refractivity contribution >= 4 is 27.3 Å². The van der Waals surface area contributed by atoms with Gasteiger partial charge in [-0.25, -0.2) is 0 Å². The first-order valence-electron chi connectivity index (χ1n) is 0.365. The molecule has 0 saturated carbocycles. The smallest absolute Gasteiger partial charge is 0.444 e. The van der Waals surface area contributed by atoms with Crippen molar-refractivity contribution in [1.29, 1.82) is 0 Å². The fourth-order valence-corrected chi connectivity index (χ4v) is 0. The van der Waals surface area contributed by atoms with Crippen LogP contribution in [0, 0.1) is 10.1 Å². The van der Waals surface area contributed by atoms with Crippen molar-refractivity contribution < 1.29 is 0 Å². The summed E-state index contributed by atoms with van der Waals surface area (Å²) in [5.74, 6) is 0. The molecule has 0 aliphatic heterocycles. The molecule has 20 valence electrons. The molecule has 0 aromatic carbocycles. The summed E-state index contributed by atoms with van der Waals surface area (Å²) in [6.45, 7) is 0. The molecule has 0 aromatic heterocycles. The second-order valence-corrected chi connectivity index (χ2v) is 0.0745. The van der Waals surface area contributed by atoms with Gasteiger partial charge in [-0.15, -0.1) is 5.34 Å². The topological polar surface area (TPSA) is 52.5 Å². The molecule has 0 saturated heterocycles. The minimum absolute atomic E-state index is 0. The molecule has 0 rings (SSSR count). The Morgan fingerprint density at radius 2 is 1.75 bits per heavy atom. The Balaban J connectivity index is 0. The summed E-state index contributed by atoms with van der Waals surface area (Å²) in [7, 11) is 0. The minimum Gasteiger partial charge on any atom is -0.444 e. The van der Waals surface area contributed by atoms with E-state index in [2.05, 4.69) is 0 Å². The van der Waals surface area contributed by atoms with Gasteiger partial charge in [-0.05, 0) is 0 Å². The van der Waals surface area contributed by atoms with Gasteiger partial charge in [-0.3, -0.25) is 0 Å². The third-order valence-electron chi connectivity index (χ3n) is 0. The van der Waals surface area contributed by atoms with Crippen molar-refractivity contribution in [3.63, 3.8) is 0 Å². The van der Waals surface area contributed by atoms with Gasteiger partial charge in [-0.2, -0.15) is 0 Å². The summed E-state index contributed by atoms with van der Waals surface area (Å²) in [5.41, 5.74) is 0. The molecule has 0 aliphatic rings. The molecule has 0 spiro atoms. The largest absolute Gasteiger partial charge is 2.00 e. The van der Waals surface area contributed by atoms with Crippen LogP contribution in [0.25, 0.3) is 0 Å². The maximum absolute atomic E-state index is 8.00. The molecular formula is NO2Pb+. The van der Waals surface area contributed by atoms with E-state index in [1.54, 1.807) is 0 Å².